The number of unbranched alkanes of at least 4 members (excludes halogenated alkanes) is 8. The van der Waals surface area contributed by atoms with Crippen molar-refractivity contribution in [3.8, 4) is 25.1 Å². The molecule has 0 fully saturated rings. The highest BCUT2D eigenvalue weighted by molar-refractivity contribution is 7.54. The van der Waals surface area contributed by atoms with Gasteiger partial charge in [-0.3, -0.25) is 0 Å². The van der Waals surface area contributed by atoms with E-state index in [4.69, 9.17) is 12.8 Å². The first-order valence-corrected chi connectivity index (χ1v) is 8.78. The molecule has 0 radical (unpaired) electrons. The van der Waals surface area contributed by atoms with Crippen LogP contribution in [0.25, 0.3) is 0 Å². The minimum absolute atomic E-state index is 0.289. The van der Waals surface area contributed by atoms with Crippen LogP contribution in [0.1, 0.15) is 64.7 Å². The largest absolute Gasteiger partial charge is 0.447 e. The first kappa shape index (κ1) is 17.9. The molecule has 0 saturated heterocycles. The van der Waals surface area contributed by atoms with E-state index in [0.717, 1.165) is 19.3 Å². The lowest BCUT2D eigenvalue weighted by molar-refractivity contribution is 0.352. The molecule has 0 atom stereocenters. The lowest BCUT2D eigenvalue weighted by Gasteiger charge is -2.11. The molecule has 4 heteroatoms. The molecule has 0 spiro atoms. The maximum atomic E-state index is 11.9. The van der Waals surface area contributed by atoms with Gasteiger partial charge in [0.1, 0.15) is 12.2 Å². The summed E-state index contributed by atoms with van der Waals surface area (Å²) in [4.78, 5) is 0. The molecular weight excluding hydrogens is 259 g/mol. The van der Waals surface area contributed by atoms with E-state index in [2.05, 4.69) is 16.0 Å². The smallest absolute Gasteiger partial charge is 0.362 e. The molecule has 0 unspecified atom stereocenters. The quantitative estimate of drug-likeness (QED) is 0.290. The molecule has 0 aromatic heterocycles. The summed E-state index contributed by atoms with van der Waals surface area (Å²) in [6.45, 7) is 2.22. The second-order valence-corrected chi connectivity index (χ2v) is 6.62. The Morgan fingerprint density at radius 3 is 1.68 bits per heavy atom. The minimum Gasteiger partial charge on any atom is -0.362 e. The van der Waals surface area contributed by atoms with Crippen molar-refractivity contribution < 1.29 is 13.6 Å². The van der Waals surface area contributed by atoms with Crippen molar-refractivity contribution in [1.29, 1.82) is 0 Å². The Morgan fingerprint density at radius 1 is 0.842 bits per heavy atom. The second kappa shape index (κ2) is 12.0. The third-order valence-corrected chi connectivity index (χ3v) is 4.55. The van der Waals surface area contributed by atoms with Crippen molar-refractivity contribution >= 4 is 7.60 Å². The summed E-state index contributed by atoms with van der Waals surface area (Å²) in [5.41, 5.74) is 0. The van der Waals surface area contributed by atoms with Gasteiger partial charge in [-0.1, -0.05) is 71.1 Å². The maximum absolute atomic E-state index is 11.9. The predicted molar refractivity (Wildman–Crippen MR) is 79.5 cm³/mol. The van der Waals surface area contributed by atoms with E-state index >= 15 is 0 Å². The van der Waals surface area contributed by atoms with Crippen molar-refractivity contribution in [3.05, 3.63) is 0 Å². The van der Waals surface area contributed by atoms with Gasteiger partial charge in [0.05, 0.1) is 6.16 Å². The van der Waals surface area contributed by atoms with Gasteiger partial charge in [0.25, 0.3) is 0 Å². The van der Waals surface area contributed by atoms with E-state index in [1.54, 1.807) is 0 Å². The molecule has 0 N–H and O–H groups in total. The highest BCUT2D eigenvalue weighted by Gasteiger charge is 2.24. The van der Waals surface area contributed by atoms with Gasteiger partial charge < -0.3 is 9.05 Å². The van der Waals surface area contributed by atoms with Crippen LogP contribution in [0.15, 0.2) is 0 Å². The van der Waals surface area contributed by atoms with E-state index in [9.17, 15) is 4.57 Å². The molecule has 3 nitrogen and oxygen atoms in total. The Labute approximate surface area is 118 Å². The van der Waals surface area contributed by atoms with Gasteiger partial charge in [-0.2, -0.15) is 0 Å². The minimum atomic E-state index is -3.26. The first-order chi connectivity index (χ1) is 9.18. The molecule has 0 amide bonds. The van der Waals surface area contributed by atoms with Crippen molar-refractivity contribution in [2.24, 2.45) is 0 Å². The molecule has 0 rings (SSSR count). The number of hydrogen-bond acceptors (Lipinski definition) is 3. The molecule has 0 aliphatic carbocycles. The number of hydrogen-bond donors (Lipinski definition) is 0. The summed E-state index contributed by atoms with van der Waals surface area (Å²) in [7, 11) is -3.26. The molecule has 0 aliphatic rings. The van der Waals surface area contributed by atoms with Gasteiger partial charge in [0, 0.05) is 0 Å². The molecule has 108 valence electrons. The van der Waals surface area contributed by atoms with Gasteiger partial charge in [-0.15, -0.1) is 0 Å². The van der Waals surface area contributed by atoms with Gasteiger partial charge in [0.2, 0.25) is 0 Å². The van der Waals surface area contributed by atoms with Crippen molar-refractivity contribution in [3.63, 3.8) is 0 Å². The van der Waals surface area contributed by atoms with E-state index < -0.39 is 7.60 Å². The zero-order valence-electron chi connectivity index (χ0n) is 11.9. The zero-order valence-corrected chi connectivity index (χ0v) is 12.8. The monoisotopic (exact) mass is 284 g/mol. The summed E-state index contributed by atoms with van der Waals surface area (Å²) >= 11 is 0. The van der Waals surface area contributed by atoms with E-state index in [1.165, 1.54) is 38.5 Å². The van der Waals surface area contributed by atoms with Crippen molar-refractivity contribution in [1.82, 2.24) is 0 Å². The zero-order chi connectivity index (χ0) is 14.4. The molecule has 0 saturated carbocycles. The molecule has 0 aliphatic heterocycles. The highest BCUT2D eigenvalue weighted by Crippen LogP contribution is 2.48. The van der Waals surface area contributed by atoms with Gasteiger partial charge >= 0.3 is 7.60 Å². The van der Waals surface area contributed by atoms with Crippen LogP contribution < -0.4 is 0 Å². The first-order valence-electron chi connectivity index (χ1n) is 7.06. The SMILES string of the molecule is C#COP(=O)(CCCCCCCCCCC)OC#C. The summed E-state index contributed by atoms with van der Waals surface area (Å²) in [5, 5.41) is 0. The molecule has 0 heterocycles. The van der Waals surface area contributed by atoms with Crippen LogP contribution in [0.5, 0.6) is 0 Å². The predicted octanol–water partition coefficient (Wildman–Crippen LogP) is 4.92. The van der Waals surface area contributed by atoms with Gasteiger partial charge in [-0.25, -0.2) is 4.57 Å². The van der Waals surface area contributed by atoms with E-state index in [1.807, 2.05) is 12.2 Å². The second-order valence-electron chi connectivity index (χ2n) is 4.58. The van der Waals surface area contributed by atoms with Crippen LogP contribution in [0.2, 0.25) is 0 Å². The molecule has 0 bridgehead atoms. The Hall–Kier alpha value is -1.05. The standard InChI is InChI=1S/C15H25O3P/c1-4-7-8-9-10-11-12-13-14-15-19(16,17-5-2)18-6-3/h2-3H,4,7-15H2,1H3. The molecule has 0 aromatic rings. The number of terminal acetylenes is 2. The summed E-state index contributed by atoms with van der Waals surface area (Å²) < 4.78 is 21.2. The third kappa shape index (κ3) is 10.5. The topological polar surface area (TPSA) is 35.5 Å². The molecular formula is C15H25O3P. The van der Waals surface area contributed by atoms with Crippen LogP contribution >= 0.6 is 7.60 Å². The molecule has 19 heavy (non-hydrogen) atoms. The van der Waals surface area contributed by atoms with E-state index in [-0.39, 0.29) is 6.16 Å². The summed E-state index contributed by atoms with van der Waals surface area (Å²) in [6.07, 6.45) is 24.6. The normalized spacial score (nSPS) is 10.5. The number of rotatable bonds is 12. The molecule has 0 aromatic carbocycles. The third-order valence-electron chi connectivity index (χ3n) is 2.92. The van der Waals surface area contributed by atoms with Gasteiger partial charge in [0.15, 0.2) is 0 Å². The lowest BCUT2D eigenvalue weighted by atomic mass is 10.1. The summed E-state index contributed by atoms with van der Waals surface area (Å²) in [6, 6.07) is 0. The fourth-order valence-electron chi connectivity index (χ4n) is 1.89. The average molecular weight is 284 g/mol. The van der Waals surface area contributed by atoms with Crippen molar-refractivity contribution in [2.75, 3.05) is 6.16 Å². The van der Waals surface area contributed by atoms with Crippen LogP contribution in [0.4, 0.5) is 0 Å². The van der Waals surface area contributed by atoms with Crippen LogP contribution in [0, 0.1) is 25.1 Å². The highest BCUT2D eigenvalue weighted by atomic mass is 31.2. The van der Waals surface area contributed by atoms with Gasteiger partial charge in [-0.05, 0) is 6.42 Å². The Morgan fingerprint density at radius 2 is 1.26 bits per heavy atom. The summed E-state index contributed by atoms with van der Waals surface area (Å²) in [5.74, 6) is 0. The van der Waals surface area contributed by atoms with Crippen LogP contribution in [0.3, 0.4) is 0 Å². The lowest BCUT2D eigenvalue weighted by Crippen LogP contribution is -1.94. The Bertz CT molecular complexity index is 318. The average Bonchev–Trinajstić information content (AvgIpc) is 2.37. The van der Waals surface area contributed by atoms with Crippen LogP contribution in [-0.4, -0.2) is 6.16 Å². The van der Waals surface area contributed by atoms with Crippen molar-refractivity contribution in [2.45, 2.75) is 64.7 Å². The fraction of sp³-hybridized carbons (Fsp3) is 0.733. The van der Waals surface area contributed by atoms with Crippen LogP contribution in [-0.2, 0) is 13.6 Å². The Kier molecular flexibility index (Phi) is 11.3. The van der Waals surface area contributed by atoms with E-state index in [0.29, 0.717) is 0 Å². The fourth-order valence-corrected chi connectivity index (χ4v) is 3.04. The maximum Gasteiger partial charge on any atom is 0.447 e. The Balaban J connectivity index is 3.54.